The lowest BCUT2D eigenvalue weighted by molar-refractivity contribution is -0.141. The number of nitrogens with one attached hydrogen (secondary N) is 2. The van der Waals surface area contributed by atoms with Gasteiger partial charge in [0.2, 0.25) is 17.7 Å². The Morgan fingerprint density at radius 2 is 1.55 bits per heavy atom. The number of thioether (sulfide) groups is 1. The number of anilines is 2. The fourth-order valence-corrected chi connectivity index (χ4v) is 11.0. The smallest absolute Gasteiger partial charge is 0.248 e. The fourth-order valence-electron chi connectivity index (χ4n) is 7.42. The summed E-state index contributed by atoms with van der Waals surface area (Å²) in [5.74, 6) is -2.12. The molecule has 3 fully saturated rings. The molecule has 0 radical (unpaired) electrons. The van der Waals surface area contributed by atoms with Gasteiger partial charge >= 0.3 is 0 Å². The van der Waals surface area contributed by atoms with Gasteiger partial charge in [-0.25, -0.2) is 0 Å². The van der Waals surface area contributed by atoms with Crippen LogP contribution in [0.2, 0.25) is 0 Å². The van der Waals surface area contributed by atoms with Crippen molar-refractivity contribution in [2.45, 2.75) is 39.7 Å². The van der Waals surface area contributed by atoms with E-state index in [1.165, 1.54) is 0 Å². The lowest BCUT2D eigenvalue weighted by Crippen LogP contribution is -2.55. The molecule has 0 aliphatic carbocycles. The van der Waals surface area contributed by atoms with E-state index in [1.807, 2.05) is 103 Å². The van der Waals surface area contributed by atoms with Crippen molar-refractivity contribution in [3.8, 4) is 0 Å². The second kappa shape index (κ2) is 11.7. The van der Waals surface area contributed by atoms with Crippen molar-refractivity contribution < 1.29 is 19.5 Å². The summed E-state index contributed by atoms with van der Waals surface area (Å²) in [5.41, 5.74) is 2.25. The van der Waals surface area contributed by atoms with Crippen LogP contribution in [0, 0.1) is 11.8 Å². The summed E-state index contributed by atoms with van der Waals surface area (Å²) in [6.45, 7) is -0.310. The molecule has 3 saturated heterocycles. The number of nitrogens with zero attached hydrogens (tertiary/aromatic N) is 1. The minimum absolute atomic E-state index is 0.0549. The molecular weight excluding hydrogens is 638 g/mol. The van der Waals surface area contributed by atoms with E-state index in [-0.39, 0.29) is 34.4 Å². The molecule has 4 aromatic rings. The molecule has 7 atom stereocenters. The molecule has 3 N–H and O–H groups in total. The van der Waals surface area contributed by atoms with Crippen molar-refractivity contribution >= 4 is 67.6 Å². The van der Waals surface area contributed by atoms with Crippen LogP contribution >= 0.6 is 27.7 Å². The summed E-state index contributed by atoms with van der Waals surface area (Å²) in [7, 11) is 0. The number of hydrogen-bond donors (Lipinski definition) is 3. The number of benzene rings is 4. The van der Waals surface area contributed by atoms with Crippen LogP contribution in [0.3, 0.4) is 0 Å². The Kier molecular flexibility index (Phi) is 7.72. The predicted octanol–water partition coefficient (Wildman–Crippen LogP) is 5.49. The average Bonchev–Trinajstić information content (AvgIpc) is 3.64. The van der Waals surface area contributed by atoms with E-state index >= 15 is 0 Å². The lowest BCUT2D eigenvalue weighted by Gasteiger charge is -2.37. The highest BCUT2D eigenvalue weighted by Gasteiger charge is 2.76. The number of likely N-dealkylation sites (tertiary alicyclic amines) is 1. The molecule has 7 rings (SSSR count). The van der Waals surface area contributed by atoms with Gasteiger partial charge in [0.1, 0.15) is 6.04 Å². The van der Waals surface area contributed by atoms with Crippen LogP contribution in [-0.2, 0) is 20.8 Å². The molecule has 3 aliphatic rings. The van der Waals surface area contributed by atoms with E-state index in [4.69, 9.17) is 0 Å². The summed E-state index contributed by atoms with van der Waals surface area (Å²) in [6.07, 6.45) is 0.946. The third-order valence-electron chi connectivity index (χ3n) is 9.25. The van der Waals surface area contributed by atoms with E-state index in [1.54, 1.807) is 16.7 Å². The van der Waals surface area contributed by atoms with Crippen LogP contribution < -0.4 is 10.6 Å². The largest absolute Gasteiger partial charge is 0.394 e. The summed E-state index contributed by atoms with van der Waals surface area (Å²) < 4.78 is -0.834. The van der Waals surface area contributed by atoms with Gasteiger partial charge in [-0.05, 0) is 53.4 Å². The molecule has 7 nitrogen and oxygen atoms in total. The number of carbonyl (C=O) groups excluding carboxylic acids is 3. The molecule has 9 heteroatoms. The molecule has 2 bridgehead atoms. The van der Waals surface area contributed by atoms with Crippen molar-refractivity contribution in [2.24, 2.45) is 11.8 Å². The van der Waals surface area contributed by atoms with Gasteiger partial charge in [0.25, 0.3) is 0 Å². The van der Waals surface area contributed by atoms with E-state index in [0.717, 1.165) is 16.3 Å². The van der Waals surface area contributed by atoms with Crippen LogP contribution in [0.15, 0.2) is 103 Å². The first-order chi connectivity index (χ1) is 21.4. The molecule has 3 heterocycles. The average molecular weight is 671 g/mol. The normalized spacial score (nSPS) is 27.7. The van der Waals surface area contributed by atoms with Gasteiger partial charge in [-0.2, -0.15) is 0 Å². The lowest BCUT2D eigenvalue weighted by atomic mass is 9.70. The number of carbonyl (C=O) groups is 3. The molecule has 3 aliphatic heterocycles. The van der Waals surface area contributed by atoms with Crippen molar-refractivity contribution in [2.75, 3.05) is 17.2 Å². The summed E-state index contributed by atoms with van der Waals surface area (Å²) in [4.78, 5) is 44.5. The number of halogens is 1. The topological polar surface area (TPSA) is 98.7 Å². The van der Waals surface area contributed by atoms with E-state index < -0.39 is 28.7 Å². The molecule has 0 saturated carbocycles. The summed E-state index contributed by atoms with van der Waals surface area (Å²) >= 11 is 5.41. The Hall–Kier alpha value is -3.66. The molecule has 44 heavy (non-hydrogen) atoms. The second-order valence-electron chi connectivity index (χ2n) is 11.8. The molecule has 4 aromatic carbocycles. The van der Waals surface area contributed by atoms with Gasteiger partial charge in [0.15, 0.2) is 0 Å². The maximum absolute atomic E-state index is 14.6. The monoisotopic (exact) mass is 669 g/mol. The van der Waals surface area contributed by atoms with Crippen molar-refractivity contribution in [1.82, 2.24) is 4.90 Å². The van der Waals surface area contributed by atoms with Crippen molar-refractivity contribution in [3.05, 3.63) is 109 Å². The molecule has 3 unspecified atom stereocenters. The quantitative estimate of drug-likeness (QED) is 0.216. The van der Waals surface area contributed by atoms with Crippen LogP contribution in [-0.4, -0.2) is 61.2 Å². The van der Waals surface area contributed by atoms with E-state index in [2.05, 4.69) is 26.6 Å². The van der Waals surface area contributed by atoms with Gasteiger partial charge in [0, 0.05) is 21.5 Å². The number of para-hydroxylation sites is 1. The molecule has 3 amide bonds. The third kappa shape index (κ3) is 4.91. The first-order valence-electron chi connectivity index (χ1n) is 14.8. The number of amides is 3. The van der Waals surface area contributed by atoms with Gasteiger partial charge in [0.05, 0.1) is 29.2 Å². The predicted molar refractivity (Wildman–Crippen MR) is 178 cm³/mol. The third-order valence-corrected chi connectivity index (χ3v) is 12.5. The van der Waals surface area contributed by atoms with Gasteiger partial charge in [-0.3, -0.25) is 14.4 Å². The number of rotatable bonds is 8. The Labute approximate surface area is 268 Å². The number of aliphatic hydroxyl groups excluding tert-OH is 1. The minimum Gasteiger partial charge on any atom is -0.394 e. The van der Waals surface area contributed by atoms with E-state index in [0.29, 0.717) is 24.2 Å². The molecule has 1 spiro atoms. The first kappa shape index (κ1) is 29.1. The molecule has 224 valence electrons. The zero-order valence-electron chi connectivity index (χ0n) is 23.8. The maximum Gasteiger partial charge on any atom is 0.248 e. The zero-order chi connectivity index (χ0) is 30.4. The van der Waals surface area contributed by atoms with Crippen LogP contribution in [0.25, 0.3) is 10.8 Å². The molecule has 0 aromatic heterocycles. The Balaban J connectivity index is 1.27. The number of alkyl halides is 1. The fraction of sp³-hybridized carbons (Fsp3) is 0.286. The first-order valence-corrected chi connectivity index (χ1v) is 16.6. The summed E-state index contributed by atoms with van der Waals surface area (Å²) in [5, 5.41) is 18.7. The molecular formula is C35H32BrN3O4S. The number of aliphatic hydroxyl groups is 1. The van der Waals surface area contributed by atoms with Crippen molar-refractivity contribution in [1.29, 1.82) is 0 Å². The van der Waals surface area contributed by atoms with Gasteiger partial charge in [-0.15, -0.1) is 11.8 Å². The zero-order valence-corrected chi connectivity index (χ0v) is 26.2. The number of fused-ring (bicyclic) bond motifs is 2. The van der Waals surface area contributed by atoms with Gasteiger partial charge in [-0.1, -0.05) is 94.8 Å². The van der Waals surface area contributed by atoms with Crippen molar-refractivity contribution in [3.63, 3.8) is 0 Å². The Morgan fingerprint density at radius 3 is 2.27 bits per heavy atom. The highest BCUT2D eigenvalue weighted by Crippen LogP contribution is 2.68. The van der Waals surface area contributed by atoms with E-state index in [9.17, 15) is 19.5 Å². The Morgan fingerprint density at radius 1 is 0.886 bits per heavy atom. The van der Waals surface area contributed by atoms with Crippen LogP contribution in [0.1, 0.15) is 12.0 Å². The SMILES string of the molecule is O=C(Nc1ccc2ccccc2c1)C1N([C@@H](CO)Cc2ccccc2)C(=O)[C@@H]2[C@@H](C(=O)Nc3ccccc3)[C@@H]3SC12CC3Br. The minimum atomic E-state index is -0.878. The summed E-state index contributed by atoms with van der Waals surface area (Å²) in [6, 6.07) is 31.1. The van der Waals surface area contributed by atoms with Crippen LogP contribution in [0.5, 0.6) is 0 Å². The maximum atomic E-state index is 14.6. The number of hydrogen-bond acceptors (Lipinski definition) is 5. The Bertz CT molecular complexity index is 1720. The van der Waals surface area contributed by atoms with Crippen LogP contribution in [0.4, 0.5) is 11.4 Å². The second-order valence-corrected chi connectivity index (χ2v) is 14.6. The standard InChI is InChI=1S/C35H32BrN3O4S/c36-27-19-35-29(28(30(27)44-35)32(41)37-24-13-5-2-6-14-24)34(43)39(26(20-40)17-21-9-3-1-4-10-21)31(35)33(42)38-25-16-15-22-11-7-8-12-23(22)18-25/h1-16,18,26-31,40H,17,19-20H2,(H,37,41)(H,38,42)/t26-,27?,28-,29+,30-,31?,35?/m1/s1. The highest BCUT2D eigenvalue weighted by atomic mass is 79.9. The highest BCUT2D eigenvalue weighted by molar-refractivity contribution is 9.09. The van der Waals surface area contributed by atoms with Gasteiger partial charge < -0.3 is 20.6 Å².